The molecule has 0 aliphatic carbocycles. The van der Waals surface area contributed by atoms with Crippen molar-refractivity contribution in [2.24, 2.45) is 5.92 Å². The number of hydrogen-bond donors (Lipinski definition) is 1. The van der Waals surface area contributed by atoms with Gasteiger partial charge < -0.3 is 5.32 Å². The van der Waals surface area contributed by atoms with E-state index in [0.29, 0.717) is 17.0 Å². The number of aryl methyl sites for hydroxylation is 1. The third kappa shape index (κ3) is 5.51. The van der Waals surface area contributed by atoms with Gasteiger partial charge in [0.2, 0.25) is 0 Å². The van der Waals surface area contributed by atoms with E-state index < -0.39 is 0 Å². The summed E-state index contributed by atoms with van der Waals surface area (Å²) in [5, 5.41) is 3.85. The minimum absolute atomic E-state index is 0.193. The predicted octanol–water partition coefficient (Wildman–Crippen LogP) is 4.05. The smallest absolute Gasteiger partial charge is 0.127 e. The van der Waals surface area contributed by atoms with Crippen LogP contribution in [-0.2, 0) is 6.42 Å². The molecule has 0 fully saturated rings. The van der Waals surface area contributed by atoms with E-state index in [1.165, 1.54) is 6.07 Å². The Hall–Kier alpha value is -0.600. The molecule has 0 spiro atoms. The maximum Gasteiger partial charge on any atom is 0.127 e. The molecular weight excluding hydrogens is 237 g/mol. The molecule has 0 bridgehead atoms. The molecule has 0 saturated carbocycles. The maximum absolute atomic E-state index is 13.5. The molecule has 0 aliphatic heterocycles. The van der Waals surface area contributed by atoms with Crippen LogP contribution in [0.25, 0.3) is 0 Å². The monoisotopic (exact) mass is 257 g/mol. The van der Waals surface area contributed by atoms with Crippen LogP contribution in [0.4, 0.5) is 4.39 Å². The lowest BCUT2D eigenvalue weighted by Gasteiger charge is -2.15. The van der Waals surface area contributed by atoms with Crippen LogP contribution >= 0.6 is 11.6 Å². The van der Waals surface area contributed by atoms with Gasteiger partial charge in [-0.05, 0) is 43.0 Å². The summed E-state index contributed by atoms with van der Waals surface area (Å²) in [5.74, 6) is 0.356. The van der Waals surface area contributed by atoms with E-state index in [1.807, 2.05) is 0 Å². The molecule has 0 radical (unpaired) electrons. The number of nitrogens with one attached hydrogen (secondary N) is 1. The van der Waals surface area contributed by atoms with Crippen LogP contribution in [0, 0.1) is 11.7 Å². The summed E-state index contributed by atoms with van der Waals surface area (Å²) in [6.07, 6.45) is 1.75. The molecule has 0 saturated heterocycles. The summed E-state index contributed by atoms with van der Waals surface area (Å²) < 4.78 is 13.5. The first-order chi connectivity index (χ1) is 7.99. The molecule has 0 aliphatic rings. The van der Waals surface area contributed by atoms with Crippen LogP contribution in [0.15, 0.2) is 18.2 Å². The summed E-state index contributed by atoms with van der Waals surface area (Å²) in [7, 11) is 0. The maximum atomic E-state index is 13.5. The van der Waals surface area contributed by atoms with Crippen LogP contribution in [0.1, 0.15) is 32.8 Å². The van der Waals surface area contributed by atoms with Gasteiger partial charge in [0.1, 0.15) is 5.82 Å². The molecule has 1 rings (SSSR count). The number of hydrogen-bond acceptors (Lipinski definition) is 1. The first kappa shape index (κ1) is 14.5. The van der Waals surface area contributed by atoms with Gasteiger partial charge in [0.25, 0.3) is 0 Å². The summed E-state index contributed by atoms with van der Waals surface area (Å²) in [5.41, 5.74) is 0.755. The normalized spacial score (nSPS) is 13.1. The molecule has 96 valence electrons. The molecule has 1 N–H and O–H groups in total. The van der Waals surface area contributed by atoms with Crippen molar-refractivity contribution in [1.29, 1.82) is 0 Å². The largest absolute Gasteiger partial charge is 0.314 e. The van der Waals surface area contributed by atoms with Gasteiger partial charge in [-0.15, -0.1) is 0 Å². The number of benzene rings is 1. The molecule has 1 unspecified atom stereocenters. The Balaban J connectivity index is 2.39. The van der Waals surface area contributed by atoms with Gasteiger partial charge in [-0.3, -0.25) is 0 Å². The Morgan fingerprint density at radius 3 is 2.59 bits per heavy atom. The minimum Gasteiger partial charge on any atom is -0.314 e. The Labute approximate surface area is 108 Å². The SMILES string of the molecule is CC(CCc1ccc(Cl)cc1F)CNC(C)C. The van der Waals surface area contributed by atoms with Crippen molar-refractivity contribution in [3.63, 3.8) is 0 Å². The lowest BCUT2D eigenvalue weighted by molar-refractivity contribution is 0.450. The van der Waals surface area contributed by atoms with Crippen molar-refractivity contribution in [1.82, 2.24) is 5.32 Å². The zero-order chi connectivity index (χ0) is 12.8. The van der Waals surface area contributed by atoms with Crippen LogP contribution in [0.3, 0.4) is 0 Å². The second-order valence-corrected chi connectivity index (χ2v) is 5.38. The highest BCUT2D eigenvalue weighted by Gasteiger charge is 2.07. The Morgan fingerprint density at radius 2 is 2.00 bits per heavy atom. The van der Waals surface area contributed by atoms with Crippen LogP contribution in [0.2, 0.25) is 5.02 Å². The standard InChI is InChI=1S/C14H21ClFN/c1-10(2)17-9-11(3)4-5-12-6-7-13(15)8-14(12)16/h6-8,10-11,17H,4-5,9H2,1-3H3. The number of rotatable bonds is 6. The van der Waals surface area contributed by atoms with Crippen LogP contribution in [-0.4, -0.2) is 12.6 Å². The van der Waals surface area contributed by atoms with Crippen molar-refractivity contribution in [3.8, 4) is 0 Å². The molecular formula is C14H21ClFN. The first-order valence-electron chi connectivity index (χ1n) is 6.16. The van der Waals surface area contributed by atoms with E-state index in [-0.39, 0.29) is 5.82 Å². The third-order valence-electron chi connectivity index (χ3n) is 2.80. The molecule has 0 aromatic heterocycles. The summed E-state index contributed by atoms with van der Waals surface area (Å²) in [4.78, 5) is 0. The van der Waals surface area contributed by atoms with E-state index in [1.54, 1.807) is 12.1 Å². The molecule has 0 amide bonds. The van der Waals surface area contributed by atoms with Crippen LogP contribution in [0.5, 0.6) is 0 Å². The molecule has 17 heavy (non-hydrogen) atoms. The van der Waals surface area contributed by atoms with Gasteiger partial charge in [-0.1, -0.05) is 38.4 Å². The first-order valence-corrected chi connectivity index (χ1v) is 6.54. The topological polar surface area (TPSA) is 12.0 Å². The summed E-state index contributed by atoms with van der Waals surface area (Å²) in [6, 6.07) is 5.41. The number of halogens is 2. The van der Waals surface area contributed by atoms with Gasteiger partial charge in [0.15, 0.2) is 0 Å². The van der Waals surface area contributed by atoms with Gasteiger partial charge in [-0.2, -0.15) is 0 Å². The quantitative estimate of drug-likeness (QED) is 0.811. The van der Waals surface area contributed by atoms with Gasteiger partial charge in [-0.25, -0.2) is 4.39 Å². The van der Waals surface area contributed by atoms with Crippen molar-refractivity contribution in [2.75, 3.05) is 6.54 Å². The summed E-state index contributed by atoms with van der Waals surface area (Å²) in [6.45, 7) is 7.42. The molecule has 1 nitrogen and oxygen atoms in total. The minimum atomic E-state index is -0.193. The van der Waals surface area contributed by atoms with Gasteiger partial charge >= 0.3 is 0 Å². The second kappa shape index (κ2) is 6.97. The molecule has 3 heteroatoms. The highest BCUT2D eigenvalue weighted by molar-refractivity contribution is 6.30. The zero-order valence-electron chi connectivity index (χ0n) is 10.8. The lowest BCUT2D eigenvalue weighted by atomic mass is 10.0. The van der Waals surface area contributed by atoms with E-state index in [0.717, 1.165) is 24.9 Å². The lowest BCUT2D eigenvalue weighted by Crippen LogP contribution is -2.28. The fraction of sp³-hybridized carbons (Fsp3) is 0.571. The highest BCUT2D eigenvalue weighted by Crippen LogP contribution is 2.17. The van der Waals surface area contributed by atoms with E-state index >= 15 is 0 Å². The van der Waals surface area contributed by atoms with E-state index in [4.69, 9.17) is 11.6 Å². The van der Waals surface area contributed by atoms with Crippen LogP contribution < -0.4 is 5.32 Å². The second-order valence-electron chi connectivity index (χ2n) is 4.94. The Bertz CT molecular complexity index is 352. The molecule has 1 atom stereocenters. The Kier molecular flexibility index (Phi) is 5.93. The third-order valence-corrected chi connectivity index (χ3v) is 3.03. The highest BCUT2D eigenvalue weighted by atomic mass is 35.5. The van der Waals surface area contributed by atoms with E-state index in [9.17, 15) is 4.39 Å². The fourth-order valence-electron chi connectivity index (χ4n) is 1.67. The Morgan fingerprint density at radius 1 is 1.29 bits per heavy atom. The van der Waals surface area contributed by atoms with E-state index in [2.05, 4.69) is 26.1 Å². The fourth-order valence-corrected chi connectivity index (χ4v) is 1.82. The van der Waals surface area contributed by atoms with Crippen molar-refractivity contribution in [2.45, 2.75) is 39.7 Å². The van der Waals surface area contributed by atoms with Gasteiger partial charge in [0.05, 0.1) is 0 Å². The zero-order valence-corrected chi connectivity index (χ0v) is 11.5. The van der Waals surface area contributed by atoms with Crippen molar-refractivity contribution < 1.29 is 4.39 Å². The van der Waals surface area contributed by atoms with Crippen molar-refractivity contribution in [3.05, 3.63) is 34.6 Å². The van der Waals surface area contributed by atoms with Gasteiger partial charge in [0, 0.05) is 11.1 Å². The van der Waals surface area contributed by atoms with Crippen molar-refractivity contribution >= 4 is 11.6 Å². The molecule has 1 aromatic carbocycles. The average molecular weight is 258 g/mol. The molecule has 1 aromatic rings. The predicted molar refractivity (Wildman–Crippen MR) is 72.0 cm³/mol. The summed E-state index contributed by atoms with van der Waals surface area (Å²) >= 11 is 5.71. The average Bonchev–Trinajstić information content (AvgIpc) is 2.25. The molecule has 0 heterocycles.